The summed E-state index contributed by atoms with van der Waals surface area (Å²) >= 11 is 0. The molecule has 0 fully saturated rings. The fourth-order valence-electron chi connectivity index (χ4n) is 2.30. The van der Waals surface area contributed by atoms with Gasteiger partial charge in [-0.1, -0.05) is 30.5 Å². The normalized spacial score (nSPS) is 15.0. The number of rotatable bonds is 10. The number of aliphatic hydroxyl groups is 1. The zero-order chi connectivity index (χ0) is 17.2. The van der Waals surface area contributed by atoms with Crippen molar-refractivity contribution in [1.82, 2.24) is 0 Å². The lowest BCUT2D eigenvalue weighted by Gasteiger charge is -2.18. The van der Waals surface area contributed by atoms with Gasteiger partial charge in [-0.2, -0.15) is 0 Å². The van der Waals surface area contributed by atoms with Crippen molar-refractivity contribution in [3.05, 3.63) is 29.8 Å². The number of carbonyl (C=O) groups excluding carboxylic acids is 1. The summed E-state index contributed by atoms with van der Waals surface area (Å²) in [5, 5.41) is 9.91. The molecule has 1 aromatic carbocycles. The van der Waals surface area contributed by atoms with Gasteiger partial charge in [0.15, 0.2) is 0 Å². The van der Waals surface area contributed by atoms with Gasteiger partial charge in [-0.25, -0.2) is 0 Å². The SMILES string of the molecule is CCOC(=O)CCCCC[C@H](O)C(C)S(=O)c1ccc(C)cc1. The van der Waals surface area contributed by atoms with Crippen molar-refractivity contribution in [1.29, 1.82) is 0 Å². The van der Waals surface area contributed by atoms with Gasteiger partial charge in [0.25, 0.3) is 0 Å². The second kappa shape index (κ2) is 10.6. The van der Waals surface area contributed by atoms with Gasteiger partial charge in [-0.3, -0.25) is 9.00 Å². The molecule has 1 rings (SSSR count). The number of unbranched alkanes of at least 4 members (excludes halogenated alkanes) is 2. The number of hydrogen-bond acceptors (Lipinski definition) is 4. The van der Waals surface area contributed by atoms with Crippen LogP contribution in [-0.4, -0.2) is 33.2 Å². The van der Waals surface area contributed by atoms with Gasteiger partial charge in [0.05, 0.1) is 28.8 Å². The average Bonchev–Trinajstić information content (AvgIpc) is 2.54. The number of benzene rings is 1. The molecule has 0 saturated carbocycles. The first kappa shape index (κ1) is 19.8. The molecule has 4 nitrogen and oxygen atoms in total. The summed E-state index contributed by atoms with van der Waals surface area (Å²) < 4.78 is 17.3. The Bertz CT molecular complexity index is 498. The predicted molar refractivity (Wildman–Crippen MR) is 92.8 cm³/mol. The monoisotopic (exact) mass is 340 g/mol. The largest absolute Gasteiger partial charge is 0.466 e. The van der Waals surface area contributed by atoms with E-state index in [1.54, 1.807) is 6.92 Å². The minimum atomic E-state index is -1.21. The highest BCUT2D eigenvalue weighted by atomic mass is 32.2. The van der Waals surface area contributed by atoms with Crippen molar-refractivity contribution in [2.45, 2.75) is 69.1 Å². The number of aliphatic hydroxyl groups excluding tert-OH is 1. The molecule has 0 aliphatic heterocycles. The summed E-state index contributed by atoms with van der Waals surface area (Å²) in [5.41, 5.74) is 1.13. The quantitative estimate of drug-likeness (QED) is 0.524. The van der Waals surface area contributed by atoms with Crippen LogP contribution in [0.1, 0.15) is 51.5 Å². The summed E-state index contributed by atoms with van der Waals surface area (Å²) in [4.78, 5) is 12.0. The summed E-state index contributed by atoms with van der Waals surface area (Å²) in [6.45, 7) is 6.02. The fraction of sp³-hybridized carbons (Fsp3) is 0.611. The number of carbonyl (C=O) groups is 1. The van der Waals surface area contributed by atoms with Crippen LogP contribution in [0.4, 0.5) is 0 Å². The van der Waals surface area contributed by atoms with Crippen molar-refractivity contribution in [2.75, 3.05) is 6.61 Å². The highest BCUT2D eigenvalue weighted by molar-refractivity contribution is 7.85. The first-order chi connectivity index (χ1) is 11.0. The minimum absolute atomic E-state index is 0.165. The molecule has 0 radical (unpaired) electrons. The molecule has 1 aromatic rings. The third kappa shape index (κ3) is 7.27. The van der Waals surface area contributed by atoms with Gasteiger partial charge in [0.2, 0.25) is 0 Å². The molecule has 0 bridgehead atoms. The summed E-state index contributed by atoms with van der Waals surface area (Å²) in [6, 6.07) is 7.57. The smallest absolute Gasteiger partial charge is 0.305 e. The van der Waals surface area contributed by atoms with E-state index in [4.69, 9.17) is 4.74 Å². The number of aryl methyl sites for hydroxylation is 1. The molecule has 5 heteroatoms. The maximum atomic E-state index is 12.4. The zero-order valence-corrected chi connectivity index (χ0v) is 15.1. The van der Waals surface area contributed by atoms with E-state index in [0.717, 1.165) is 29.7 Å². The van der Waals surface area contributed by atoms with Gasteiger partial charge < -0.3 is 9.84 Å². The Morgan fingerprint density at radius 3 is 2.48 bits per heavy atom. The summed E-state index contributed by atoms with van der Waals surface area (Å²) in [6.07, 6.45) is 2.87. The second-order valence-electron chi connectivity index (χ2n) is 5.79. The molecule has 0 amide bonds. The van der Waals surface area contributed by atoms with Crippen molar-refractivity contribution in [3.63, 3.8) is 0 Å². The molecule has 2 unspecified atom stereocenters. The molecule has 23 heavy (non-hydrogen) atoms. The Balaban J connectivity index is 2.30. The highest BCUT2D eigenvalue weighted by Crippen LogP contribution is 2.18. The van der Waals surface area contributed by atoms with Crippen LogP contribution in [0.3, 0.4) is 0 Å². The van der Waals surface area contributed by atoms with E-state index >= 15 is 0 Å². The molecular formula is C18H28O4S. The molecular weight excluding hydrogens is 312 g/mol. The van der Waals surface area contributed by atoms with E-state index in [-0.39, 0.29) is 11.2 Å². The molecule has 0 heterocycles. The van der Waals surface area contributed by atoms with E-state index in [9.17, 15) is 14.1 Å². The molecule has 0 aromatic heterocycles. The molecule has 3 atom stereocenters. The van der Waals surface area contributed by atoms with Crippen molar-refractivity contribution in [2.24, 2.45) is 0 Å². The first-order valence-electron chi connectivity index (χ1n) is 8.26. The van der Waals surface area contributed by atoms with Gasteiger partial charge in [0.1, 0.15) is 0 Å². The van der Waals surface area contributed by atoms with Gasteiger partial charge >= 0.3 is 5.97 Å². The Morgan fingerprint density at radius 1 is 1.22 bits per heavy atom. The maximum Gasteiger partial charge on any atom is 0.305 e. The van der Waals surface area contributed by atoms with Crippen LogP contribution in [0.2, 0.25) is 0 Å². The van der Waals surface area contributed by atoms with Gasteiger partial charge in [0, 0.05) is 11.3 Å². The third-order valence-corrected chi connectivity index (χ3v) is 5.55. The number of hydrogen-bond donors (Lipinski definition) is 1. The molecule has 0 spiro atoms. The predicted octanol–water partition coefficient (Wildman–Crippen LogP) is 3.37. The van der Waals surface area contributed by atoms with Crippen LogP contribution < -0.4 is 0 Å². The lowest BCUT2D eigenvalue weighted by molar-refractivity contribution is -0.143. The van der Waals surface area contributed by atoms with Crippen LogP contribution >= 0.6 is 0 Å². The average molecular weight is 340 g/mol. The Hall–Kier alpha value is -1.20. The molecule has 0 aliphatic carbocycles. The molecule has 1 N–H and O–H groups in total. The minimum Gasteiger partial charge on any atom is -0.466 e. The van der Waals surface area contributed by atoms with Crippen LogP contribution in [0.15, 0.2) is 29.2 Å². The summed E-state index contributed by atoms with van der Waals surface area (Å²) in [5.74, 6) is -0.165. The van der Waals surface area contributed by atoms with Crippen molar-refractivity contribution in [3.8, 4) is 0 Å². The number of esters is 1. The van der Waals surface area contributed by atoms with Crippen LogP contribution in [0.25, 0.3) is 0 Å². The zero-order valence-electron chi connectivity index (χ0n) is 14.3. The van der Waals surface area contributed by atoms with Crippen molar-refractivity contribution >= 4 is 16.8 Å². The van der Waals surface area contributed by atoms with Crippen LogP contribution in [0, 0.1) is 6.92 Å². The molecule has 0 saturated heterocycles. The standard InChI is InChI=1S/C18H28O4S/c1-4-22-18(20)9-7-5-6-8-17(19)15(3)23(21)16-12-10-14(2)11-13-16/h10-13,15,17,19H,4-9H2,1-3H3/t15?,17-,23?/m0/s1. The molecule has 130 valence electrons. The van der Waals surface area contributed by atoms with E-state index in [1.807, 2.05) is 38.1 Å². The Kier molecular flexibility index (Phi) is 9.10. The first-order valence-corrected chi connectivity index (χ1v) is 9.48. The molecule has 0 aliphatic rings. The maximum absolute atomic E-state index is 12.4. The van der Waals surface area contributed by atoms with E-state index in [2.05, 4.69) is 0 Å². The van der Waals surface area contributed by atoms with E-state index in [1.165, 1.54) is 0 Å². The topological polar surface area (TPSA) is 63.6 Å². The lowest BCUT2D eigenvalue weighted by atomic mass is 10.1. The van der Waals surface area contributed by atoms with Gasteiger partial charge in [-0.15, -0.1) is 0 Å². The van der Waals surface area contributed by atoms with E-state index < -0.39 is 16.9 Å². The Labute approximate surface area is 141 Å². The van der Waals surface area contributed by atoms with Crippen molar-refractivity contribution < 1.29 is 18.8 Å². The highest BCUT2D eigenvalue weighted by Gasteiger charge is 2.21. The fourth-order valence-corrected chi connectivity index (χ4v) is 3.55. The second-order valence-corrected chi connectivity index (χ2v) is 7.60. The van der Waals surface area contributed by atoms with Crippen LogP contribution in [0.5, 0.6) is 0 Å². The third-order valence-electron chi connectivity index (χ3n) is 3.82. The van der Waals surface area contributed by atoms with Gasteiger partial charge in [-0.05, 0) is 45.7 Å². The Morgan fingerprint density at radius 2 is 1.87 bits per heavy atom. The number of ether oxygens (including phenoxy) is 1. The summed E-state index contributed by atoms with van der Waals surface area (Å²) in [7, 11) is -1.21. The van der Waals surface area contributed by atoms with Crippen LogP contribution in [-0.2, 0) is 20.3 Å². The lowest BCUT2D eigenvalue weighted by Crippen LogP contribution is -2.27. The van der Waals surface area contributed by atoms with E-state index in [0.29, 0.717) is 19.4 Å².